The Morgan fingerprint density at radius 1 is 1.33 bits per heavy atom. The van der Waals surface area contributed by atoms with Crippen LogP contribution >= 0.6 is 11.8 Å². The Morgan fingerprint density at radius 2 is 2.00 bits per heavy atom. The summed E-state index contributed by atoms with van der Waals surface area (Å²) in [5, 5.41) is 7.15. The molecule has 8 heteroatoms. The molecule has 0 N–H and O–H groups in total. The van der Waals surface area contributed by atoms with Crippen LogP contribution in [0.2, 0.25) is 0 Å². The molecule has 2 aromatic rings. The molecule has 2 rings (SSSR count). The van der Waals surface area contributed by atoms with E-state index in [1.165, 1.54) is 17.8 Å². The summed E-state index contributed by atoms with van der Waals surface area (Å²) in [7, 11) is -4.57. The number of hydrogen-bond acceptors (Lipinski definition) is 7. The predicted molar refractivity (Wildman–Crippen MR) is 65.3 cm³/mol. The van der Waals surface area contributed by atoms with Crippen molar-refractivity contribution in [3.63, 3.8) is 0 Å². The standard InChI is InChI=1S/C10H12N2O4S2/c1-6(2)5-17-7-3-4-8(18(13,14)15)10-9(7)11-16-12-10/h3-4,6H,5H2,1-2H3,(H,13,14,15)/p-1. The van der Waals surface area contributed by atoms with Crippen molar-refractivity contribution < 1.29 is 17.6 Å². The van der Waals surface area contributed by atoms with Gasteiger partial charge in [-0.3, -0.25) is 0 Å². The maximum absolute atomic E-state index is 11.1. The van der Waals surface area contributed by atoms with E-state index in [2.05, 4.69) is 28.8 Å². The van der Waals surface area contributed by atoms with E-state index < -0.39 is 15.0 Å². The Labute approximate surface area is 108 Å². The first-order chi connectivity index (χ1) is 8.39. The van der Waals surface area contributed by atoms with Gasteiger partial charge in [0.15, 0.2) is 5.52 Å². The molecule has 0 spiro atoms. The molecule has 0 fully saturated rings. The number of nitrogens with zero attached hydrogens (tertiary/aromatic N) is 2. The number of rotatable bonds is 4. The summed E-state index contributed by atoms with van der Waals surface area (Å²) in [6.07, 6.45) is 0. The first-order valence-corrected chi connectivity index (χ1v) is 7.63. The zero-order valence-electron chi connectivity index (χ0n) is 9.78. The van der Waals surface area contributed by atoms with E-state index in [4.69, 9.17) is 0 Å². The third kappa shape index (κ3) is 2.65. The van der Waals surface area contributed by atoms with Crippen molar-refractivity contribution in [1.29, 1.82) is 0 Å². The van der Waals surface area contributed by atoms with Crippen molar-refractivity contribution in [2.75, 3.05) is 5.75 Å². The molecule has 0 amide bonds. The molecule has 98 valence electrons. The molecule has 1 heterocycles. The Hall–Kier alpha value is -1.12. The molecule has 0 atom stereocenters. The molecule has 6 nitrogen and oxygen atoms in total. The van der Waals surface area contributed by atoms with Crippen molar-refractivity contribution in [2.24, 2.45) is 5.92 Å². The molecule has 1 aromatic carbocycles. The van der Waals surface area contributed by atoms with Gasteiger partial charge in [0.05, 0.1) is 4.90 Å². The monoisotopic (exact) mass is 287 g/mol. The molecule has 0 aliphatic carbocycles. The minimum atomic E-state index is -4.57. The van der Waals surface area contributed by atoms with Crippen LogP contribution in [0, 0.1) is 5.92 Å². The zero-order chi connectivity index (χ0) is 13.3. The molecule has 0 unspecified atom stereocenters. The van der Waals surface area contributed by atoms with Crippen molar-refractivity contribution in [1.82, 2.24) is 10.3 Å². The van der Waals surface area contributed by atoms with Crippen LogP contribution in [0.25, 0.3) is 11.0 Å². The molecular formula is C10H11N2O4S2-. The van der Waals surface area contributed by atoms with Crippen LogP contribution in [0.15, 0.2) is 26.6 Å². The third-order valence-electron chi connectivity index (χ3n) is 2.18. The minimum Gasteiger partial charge on any atom is -0.744 e. The van der Waals surface area contributed by atoms with Crippen molar-refractivity contribution in [2.45, 2.75) is 23.6 Å². The van der Waals surface area contributed by atoms with Crippen LogP contribution in [-0.4, -0.2) is 29.0 Å². The Balaban J connectivity index is 2.51. The van der Waals surface area contributed by atoms with Crippen LogP contribution in [0.1, 0.15) is 13.8 Å². The quantitative estimate of drug-likeness (QED) is 0.625. The highest BCUT2D eigenvalue weighted by Crippen LogP contribution is 2.30. The second-order valence-electron chi connectivity index (χ2n) is 4.18. The van der Waals surface area contributed by atoms with Crippen LogP contribution < -0.4 is 0 Å². The van der Waals surface area contributed by atoms with Gasteiger partial charge >= 0.3 is 0 Å². The molecule has 0 saturated heterocycles. The fourth-order valence-corrected chi connectivity index (χ4v) is 2.95. The fraction of sp³-hybridized carbons (Fsp3) is 0.400. The summed E-state index contributed by atoms with van der Waals surface area (Å²) in [6.45, 7) is 4.14. The molecule has 0 aliphatic rings. The highest BCUT2D eigenvalue weighted by molar-refractivity contribution is 7.99. The smallest absolute Gasteiger partial charge is 0.153 e. The first kappa shape index (κ1) is 13.3. The summed E-state index contributed by atoms with van der Waals surface area (Å²) >= 11 is 1.52. The summed E-state index contributed by atoms with van der Waals surface area (Å²) in [5.41, 5.74) is 0.316. The number of aromatic nitrogens is 2. The number of thioether (sulfide) groups is 1. The van der Waals surface area contributed by atoms with Gasteiger partial charge in [-0.05, 0) is 28.4 Å². The van der Waals surface area contributed by atoms with Gasteiger partial charge in [-0.15, -0.1) is 11.8 Å². The van der Waals surface area contributed by atoms with Gasteiger partial charge in [0.25, 0.3) is 0 Å². The average Bonchev–Trinajstić information content (AvgIpc) is 2.72. The molecule has 0 bridgehead atoms. The lowest BCUT2D eigenvalue weighted by Gasteiger charge is -2.09. The van der Waals surface area contributed by atoms with Gasteiger partial charge in [-0.2, -0.15) is 0 Å². The van der Waals surface area contributed by atoms with Crippen LogP contribution in [0.3, 0.4) is 0 Å². The van der Waals surface area contributed by atoms with Gasteiger partial charge in [-0.25, -0.2) is 13.0 Å². The van der Waals surface area contributed by atoms with Crippen molar-refractivity contribution in [3.8, 4) is 0 Å². The van der Waals surface area contributed by atoms with E-state index in [0.29, 0.717) is 11.4 Å². The molecule has 18 heavy (non-hydrogen) atoms. The van der Waals surface area contributed by atoms with E-state index in [1.807, 2.05) is 0 Å². The lowest BCUT2D eigenvalue weighted by atomic mass is 10.3. The summed E-state index contributed by atoms with van der Waals surface area (Å²) in [6, 6.07) is 2.81. The van der Waals surface area contributed by atoms with E-state index in [9.17, 15) is 13.0 Å². The lowest BCUT2D eigenvalue weighted by molar-refractivity contribution is 0.314. The zero-order valence-corrected chi connectivity index (χ0v) is 11.4. The molecule has 0 radical (unpaired) electrons. The normalized spacial score (nSPS) is 12.4. The van der Waals surface area contributed by atoms with E-state index in [-0.39, 0.29) is 5.52 Å². The van der Waals surface area contributed by atoms with E-state index >= 15 is 0 Å². The van der Waals surface area contributed by atoms with Crippen LogP contribution in [0.5, 0.6) is 0 Å². The number of hydrogen-bond donors (Lipinski definition) is 0. The predicted octanol–water partition coefficient (Wildman–Crippen LogP) is 1.88. The average molecular weight is 287 g/mol. The van der Waals surface area contributed by atoms with Crippen molar-refractivity contribution in [3.05, 3.63) is 12.1 Å². The second kappa shape index (κ2) is 4.87. The fourth-order valence-electron chi connectivity index (χ4n) is 1.40. The summed E-state index contributed by atoms with van der Waals surface area (Å²) in [4.78, 5) is 0.361. The van der Waals surface area contributed by atoms with Gasteiger partial charge < -0.3 is 4.55 Å². The van der Waals surface area contributed by atoms with E-state index in [0.717, 1.165) is 10.6 Å². The summed E-state index contributed by atoms with van der Waals surface area (Å²) in [5.74, 6) is 1.33. The van der Waals surface area contributed by atoms with Crippen molar-refractivity contribution >= 4 is 32.9 Å². The molecule has 0 aliphatic heterocycles. The topological polar surface area (TPSA) is 96.1 Å². The molecule has 0 saturated carbocycles. The highest BCUT2D eigenvalue weighted by atomic mass is 32.2. The highest BCUT2D eigenvalue weighted by Gasteiger charge is 2.16. The largest absolute Gasteiger partial charge is 0.744 e. The molecular weight excluding hydrogens is 276 g/mol. The number of benzene rings is 1. The summed E-state index contributed by atoms with van der Waals surface area (Å²) < 4.78 is 37.7. The second-order valence-corrected chi connectivity index (χ2v) is 6.59. The Bertz CT molecular complexity index is 664. The maximum Gasteiger partial charge on any atom is 0.153 e. The van der Waals surface area contributed by atoms with Gasteiger partial charge in [0, 0.05) is 10.6 Å². The maximum atomic E-state index is 11.1. The Kier molecular flexibility index (Phi) is 3.60. The Morgan fingerprint density at radius 3 is 2.61 bits per heavy atom. The van der Waals surface area contributed by atoms with Crippen LogP contribution in [0.4, 0.5) is 0 Å². The third-order valence-corrected chi connectivity index (χ3v) is 4.52. The first-order valence-electron chi connectivity index (χ1n) is 5.23. The lowest BCUT2D eigenvalue weighted by Crippen LogP contribution is -2.00. The SMILES string of the molecule is CC(C)CSc1ccc(S(=O)(=O)[O-])c2nonc12. The van der Waals surface area contributed by atoms with Crippen LogP contribution in [-0.2, 0) is 10.1 Å². The van der Waals surface area contributed by atoms with E-state index in [1.54, 1.807) is 6.07 Å². The van der Waals surface area contributed by atoms with Gasteiger partial charge in [-0.1, -0.05) is 13.8 Å². The molecule has 1 aromatic heterocycles. The minimum absolute atomic E-state index is 0.00115. The number of fused-ring (bicyclic) bond motifs is 1. The van der Waals surface area contributed by atoms with Gasteiger partial charge in [0.2, 0.25) is 0 Å². The van der Waals surface area contributed by atoms with Gasteiger partial charge in [0.1, 0.15) is 15.6 Å².